The number of nitrogens with zero attached hydrogens (tertiary/aromatic N) is 3. The van der Waals surface area contributed by atoms with E-state index in [2.05, 4.69) is 0 Å². The topological polar surface area (TPSA) is 94.4 Å². The van der Waals surface area contributed by atoms with E-state index >= 15 is 0 Å². The van der Waals surface area contributed by atoms with Gasteiger partial charge in [-0.2, -0.15) is 0 Å². The summed E-state index contributed by atoms with van der Waals surface area (Å²) in [7, 11) is 1.53. The molecule has 2 rings (SSSR count). The van der Waals surface area contributed by atoms with Gasteiger partial charge >= 0.3 is 5.82 Å². The second-order valence-corrected chi connectivity index (χ2v) is 4.42. The fourth-order valence-corrected chi connectivity index (χ4v) is 2.39. The van der Waals surface area contributed by atoms with Crippen molar-refractivity contribution in [1.29, 1.82) is 0 Å². The van der Waals surface area contributed by atoms with Gasteiger partial charge in [-0.15, -0.1) is 12.4 Å². The SMILES string of the molecule is Cl.Cn1c(C(=O)N2CCCC2CN)ccc1[N+](=O)[O-]. The molecule has 1 aromatic heterocycles. The molecule has 0 saturated carbocycles. The van der Waals surface area contributed by atoms with E-state index in [0.29, 0.717) is 18.8 Å². The Kier molecular flexibility index (Phi) is 4.90. The first-order chi connectivity index (χ1) is 8.56. The smallest absolute Gasteiger partial charge is 0.323 e. The van der Waals surface area contributed by atoms with Crippen molar-refractivity contribution in [3.63, 3.8) is 0 Å². The molecule has 106 valence electrons. The van der Waals surface area contributed by atoms with Gasteiger partial charge in [0.1, 0.15) is 0 Å². The van der Waals surface area contributed by atoms with Gasteiger partial charge in [0.2, 0.25) is 0 Å². The number of nitro groups is 1. The van der Waals surface area contributed by atoms with Crippen LogP contribution in [0.1, 0.15) is 23.3 Å². The van der Waals surface area contributed by atoms with Crippen molar-refractivity contribution in [3.05, 3.63) is 27.9 Å². The molecule has 2 heterocycles. The zero-order valence-electron chi connectivity index (χ0n) is 10.6. The predicted molar refractivity (Wildman–Crippen MR) is 72.4 cm³/mol. The summed E-state index contributed by atoms with van der Waals surface area (Å²) in [5.41, 5.74) is 5.96. The standard InChI is InChI=1S/C11H16N4O3.ClH/c1-13-9(4-5-10(13)15(17)18)11(16)14-6-2-3-8(14)7-12;/h4-5,8H,2-3,6-7,12H2,1H3;1H. The highest BCUT2D eigenvalue weighted by Crippen LogP contribution is 2.22. The first-order valence-corrected chi connectivity index (χ1v) is 5.87. The Balaban J connectivity index is 0.00000180. The maximum atomic E-state index is 12.3. The lowest BCUT2D eigenvalue weighted by molar-refractivity contribution is -0.391. The molecule has 1 aliphatic rings. The average Bonchev–Trinajstić information content (AvgIpc) is 2.93. The van der Waals surface area contributed by atoms with Crippen LogP contribution in [0.4, 0.5) is 5.82 Å². The number of hydrogen-bond acceptors (Lipinski definition) is 4. The average molecular weight is 289 g/mol. The Morgan fingerprint density at radius 2 is 2.26 bits per heavy atom. The Morgan fingerprint density at radius 3 is 2.79 bits per heavy atom. The van der Waals surface area contributed by atoms with Crippen LogP contribution in [-0.2, 0) is 7.05 Å². The van der Waals surface area contributed by atoms with E-state index < -0.39 is 4.92 Å². The summed E-state index contributed by atoms with van der Waals surface area (Å²) in [4.78, 5) is 24.2. The Bertz CT molecular complexity index is 488. The van der Waals surface area contributed by atoms with Crippen LogP contribution in [-0.4, -0.2) is 39.4 Å². The number of hydrogen-bond donors (Lipinski definition) is 1. The van der Waals surface area contributed by atoms with Gasteiger partial charge in [-0.3, -0.25) is 4.79 Å². The van der Waals surface area contributed by atoms with Crippen molar-refractivity contribution in [3.8, 4) is 0 Å². The molecule has 0 spiro atoms. The van der Waals surface area contributed by atoms with E-state index in [1.165, 1.54) is 23.7 Å². The highest BCUT2D eigenvalue weighted by molar-refractivity contribution is 5.93. The largest absolute Gasteiger partial charge is 0.358 e. The minimum absolute atomic E-state index is 0. The minimum atomic E-state index is -0.499. The van der Waals surface area contributed by atoms with Gasteiger partial charge in [0.25, 0.3) is 5.91 Å². The monoisotopic (exact) mass is 288 g/mol. The molecule has 1 amide bonds. The lowest BCUT2D eigenvalue weighted by Crippen LogP contribution is -2.40. The number of likely N-dealkylation sites (tertiary alicyclic amines) is 1. The van der Waals surface area contributed by atoms with Crippen LogP contribution in [0.2, 0.25) is 0 Å². The van der Waals surface area contributed by atoms with Crippen molar-refractivity contribution >= 4 is 24.1 Å². The fourth-order valence-electron chi connectivity index (χ4n) is 2.39. The van der Waals surface area contributed by atoms with Gasteiger partial charge in [0, 0.05) is 25.2 Å². The summed E-state index contributed by atoms with van der Waals surface area (Å²) in [5.74, 6) is -0.264. The Morgan fingerprint density at radius 1 is 1.58 bits per heavy atom. The van der Waals surface area contributed by atoms with Crippen LogP contribution in [0.5, 0.6) is 0 Å². The normalized spacial score (nSPS) is 18.2. The number of nitrogens with two attached hydrogens (primary N) is 1. The number of carbonyl (C=O) groups is 1. The highest BCUT2D eigenvalue weighted by atomic mass is 35.5. The van der Waals surface area contributed by atoms with Crippen molar-refractivity contribution in [1.82, 2.24) is 9.47 Å². The second-order valence-electron chi connectivity index (χ2n) is 4.42. The zero-order valence-corrected chi connectivity index (χ0v) is 11.4. The van der Waals surface area contributed by atoms with E-state index in [9.17, 15) is 14.9 Å². The third kappa shape index (κ3) is 2.71. The molecule has 1 unspecified atom stereocenters. The lowest BCUT2D eigenvalue weighted by atomic mass is 10.2. The van der Waals surface area contributed by atoms with Crippen LogP contribution in [0.25, 0.3) is 0 Å². The van der Waals surface area contributed by atoms with E-state index in [1.54, 1.807) is 4.90 Å². The van der Waals surface area contributed by atoms with Gasteiger partial charge in [0.15, 0.2) is 5.69 Å². The molecule has 1 aromatic rings. The predicted octanol–water partition coefficient (Wildman–Crippen LogP) is 0.918. The van der Waals surface area contributed by atoms with Gasteiger partial charge in [-0.25, -0.2) is 4.57 Å². The minimum Gasteiger partial charge on any atom is -0.358 e. The number of aromatic nitrogens is 1. The summed E-state index contributed by atoms with van der Waals surface area (Å²) in [6.07, 6.45) is 1.83. The number of rotatable bonds is 3. The molecule has 19 heavy (non-hydrogen) atoms. The Hall–Kier alpha value is -1.60. The molecule has 1 fully saturated rings. The van der Waals surface area contributed by atoms with E-state index in [-0.39, 0.29) is 30.2 Å². The molecule has 0 aliphatic carbocycles. The molecule has 0 aromatic carbocycles. The summed E-state index contributed by atoms with van der Waals surface area (Å²) in [6.45, 7) is 1.10. The zero-order chi connectivity index (χ0) is 13.3. The maximum Gasteiger partial charge on any atom is 0.323 e. The molecule has 1 atom stereocenters. The van der Waals surface area contributed by atoms with E-state index in [1.807, 2.05) is 0 Å². The summed E-state index contributed by atoms with van der Waals surface area (Å²) >= 11 is 0. The van der Waals surface area contributed by atoms with Gasteiger partial charge < -0.3 is 20.7 Å². The summed E-state index contributed by atoms with van der Waals surface area (Å²) < 4.78 is 1.31. The van der Waals surface area contributed by atoms with Gasteiger partial charge in [-0.1, -0.05) is 0 Å². The molecule has 7 nitrogen and oxygen atoms in total. The van der Waals surface area contributed by atoms with Crippen molar-refractivity contribution in [2.75, 3.05) is 13.1 Å². The maximum absolute atomic E-state index is 12.3. The molecule has 1 aliphatic heterocycles. The van der Waals surface area contributed by atoms with Gasteiger partial charge in [-0.05, 0) is 23.8 Å². The fraction of sp³-hybridized carbons (Fsp3) is 0.545. The molecule has 8 heteroatoms. The quantitative estimate of drug-likeness (QED) is 0.661. The molecular formula is C11H17ClN4O3. The van der Waals surface area contributed by atoms with Crippen molar-refractivity contribution in [2.45, 2.75) is 18.9 Å². The molecule has 1 saturated heterocycles. The van der Waals surface area contributed by atoms with Crippen LogP contribution < -0.4 is 5.73 Å². The summed E-state index contributed by atoms with van der Waals surface area (Å²) in [5, 5.41) is 10.7. The highest BCUT2D eigenvalue weighted by Gasteiger charge is 2.32. The molecule has 0 bridgehead atoms. The van der Waals surface area contributed by atoms with Crippen LogP contribution >= 0.6 is 12.4 Å². The van der Waals surface area contributed by atoms with Crippen LogP contribution in [0.3, 0.4) is 0 Å². The summed E-state index contributed by atoms with van der Waals surface area (Å²) in [6, 6.07) is 2.89. The van der Waals surface area contributed by atoms with Crippen molar-refractivity contribution < 1.29 is 9.72 Å². The number of halogens is 1. The van der Waals surface area contributed by atoms with Crippen molar-refractivity contribution in [2.24, 2.45) is 12.8 Å². The lowest BCUT2D eigenvalue weighted by Gasteiger charge is -2.22. The second kappa shape index (κ2) is 6.03. The number of amides is 1. The Labute approximate surface area is 116 Å². The molecule has 2 N–H and O–H groups in total. The van der Waals surface area contributed by atoms with E-state index in [4.69, 9.17) is 5.73 Å². The first kappa shape index (κ1) is 15.5. The van der Waals surface area contributed by atoms with Crippen LogP contribution in [0.15, 0.2) is 12.1 Å². The third-order valence-corrected chi connectivity index (χ3v) is 3.41. The molecule has 0 radical (unpaired) electrons. The van der Waals surface area contributed by atoms with Gasteiger partial charge in [0.05, 0.1) is 7.05 Å². The third-order valence-electron chi connectivity index (χ3n) is 3.41. The van der Waals surface area contributed by atoms with E-state index in [0.717, 1.165) is 12.8 Å². The number of carbonyl (C=O) groups excluding carboxylic acids is 1. The van der Waals surface area contributed by atoms with Crippen LogP contribution in [0, 0.1) is 10.1 Å². The molecular weight excluding hydrogens is 272 g/mol. The first-order valence-electron chi connectivity index (χ1n) is 5.87.